The molecule has 0 saturated heterocycles. The van der Waals surface area contributed by atoms with Crippen LogP contribution in [-0.4, -0.2) is 375 Å². The SMILES string of the molecule is CCc1cc(OCCCCn2cc(COCCOCCOCCOCCOCCOCCOCCOCCOCCOCCOCCOCCN)nn2)ccc1-c1ccc(C[C@H](NC(=O)[C@H](CC(=O)O)NC(=O)[C@H](CO)NC(=O)[C@@H](NC(=O)C(C)(Cc2ccccc2F)NC(=O)[C@@H](NC(=O)CNC(=O)[C@H](Cc2nn[nH]n2)NC(=O)C(C)(C)C(=O)NCCc2cnc[nH]2)[C@@H](C)O)[C@@H](C)O)C(=O)O)cc1. The van der Waals surface area contributed by atoms with Gasteiger partial charge in [0.15, 0.2) is 5.82 Å². The first-order valence-corrected chi connectivity index (χ1v) is 45.4. The summed E-state index contributed by atoms with van der Waals surface area (Å²) in [4.78, 5) is 157. The highest BCUT2D eigenvalue weighted by Crippen LogP contribution is 2.29. The predicted molar refractivity (Wildman–Crippen MR) is 486 cm³/mol. The van der Waals surface area contributed by atoms with Gasteiger partial charge in [0.25, 0.3) is 0 Å². The number of tetrazole rings is 1. The molecule has 9 atom stereocenters. The van der Waals surface area contributed by atoms with Gasteiger partial charge in [-0.3, -0.25) is 52.6 Å². The number of imidazole rings is 1. The van der Waals surface area contributed by atoms with E-state index in [1.165, 1.54) is 38.4 Å². The van der Waals surface area contributed by atoms with Gasteiger partial charge in [-0.05, 0) is 99.9 Å². The molecule has 0 fully saturated rings. The van der Waals surface area contributed by atoms with Crippen LogP contribution in [0.3, 0.4) is 0 Å². The fourth-order valence-corrected chi connectivity index (χ4v) is 12.9. The van der Waals surface area contributed by atoms with E-state index in [-0.39, 0.29) is 31.0 Å². The number of benzene rings is 3. The Hall–Kier alpha value is -11.7. The largest absolute Gasteiger partial charge is 0.494 e. The predicted octanol–water partition coefficient (Wildman–Crippen LogP) is -2.97. The third-order valence-electron chi connectivity index (χ3n) is 20.6. The van der Waals surface area contributed by atoms with Crippen molar-refractivity contribution in [2.24, 2.45) is 11.1 Å². The second-order valence-corrected chi connectivity index (χ2v) is 32.0. The van der Waals surface area contributed by atoms with Crippen molar-refractivity contribution in [2.45, 2.75) is 160 Å². The van der Waals surface area contributed by atoms with Crippen LogP contribution in [0.5, 0.6) is 5.75 Å². The summed E-state index contributed by atoms with van der Waals surface area (Å²) in [5.74, 6) is -14.0. The topological polar surface area (TPSA) is 657 Å². The van der Waals surface area contributed by atoms with Gasteiger partial charge in [-0.2, -0.15) is 5.21 Å². The summed E-state index contributed by atoms with van der Waals surface area (Å²) in [6, 6.07) is 5.99. The van der Waals surface area contributed by atoms with Crippen molar-refractivity contribution in [3.63, 3.8) is 0 Å². The minimum Gasteiger partial charge on any atom is -0.494 e. The van der Waals surface area contributed by atoms with Crippen LogP contribution in [0.25, 0.3) is 11.1 Å². The minimum absolute atomic E-state index is 0.0671. The molecule has 6 aromatic rings. The second-order valence-electron chi connectivity index (χ2n) is 32.0. The first kappa shape index (κ1) is 115. The van der Waals surface area contributed by atoms with Crippen LogP contribution in [0.2, 0.25) is 0 Å². The monoisotopic (exact) mass is 1950 g/mol. The van der Waals surface area contributed by atoms with Gasteiger partial charge in [0.1, 0.15) is 64.5 Å². The Labute approximate surface area is 797 Å². The Balaban J connectivity index is 0.868. The third kappa shape index (κ3) is 44.4. The fraction of sp³-hybridized carbons (Fsp3) is 0.607. The lowest BCUT2D eigenvalue weighted by molar-refractivity contribution is -0.144. The first-order valence-electron chi connectivity index (χ1n) is 45.4. The molecule has 0 radical (unpaired) electrons. The van der Waals surface area contributed by atoms with Gasteiger partial charge in [-0.15, -0.1) is 15.3 Å². The number of aryl methyl sites for hydroxylation is 2. The van der Waals surface area contributed by atoms with Crippen molar-refractivity contribution in [3.8, 4) is 16.9 Å². The molecule has 3 aromatic carbocycles. The molecule has 0 bridgehead atoms. The number of unbranched alkanes of at least 4 members (excludes halogenated alkanes) is 1. The van der Waals surface area contributed by atoms with E-state index < -0.39 is 163 Å². The number of nitrogens with two attached hydrogens (primary N) is 1. The van der Waals surface area contributed by atoms with Gasteiger partial charge in [0, 0.05) is 57.2 Å². The van der Waals surface area contributed by atoms with Crippen LogP contribution in [0.1, 0.15) is 94.7 Å². The van der Waals surface area contributed by atoms with Gasteiger partial charge < -0.3 is 146 Å². The number of aliphatic carboxylic acids is 2. The number of halogens is 1. The maximum atomic E-state index is 15.5. The number of carboxylic acids is 2. The number of carbonyl (C=O) groups is 11. The number of aliphatic hydroxyl groups excluding tert-OH is 3. The van der Waals surface area contributed by atoms with E-state index in [2.05, 4.69) is 88.8 Å². The molecule has 49 heteroatoms. The number of amides is 9. The first-order chi connectivity index (χ1) is 66.4. The second kappa shape index (κ2) is 65.2. The third-order valence-corrected chi connectivity index (χ3v) is 20.6. The van der Waals surface area contributed by atoms with E-state index in [9.17, 15) is 78.3 Å². The number of nitrogens with one attached hydrogen (secondary N) is 11. The summed E-state index contributed by atoms with van der Waals surface area (Å²) in [6.07, 6.45) is 0.981. The highest BCUT2D eigenvalue weighted by Gasteiger charge is 2.44. The van der Waals surface area contributed by atoms with Crippen molar-refractivity contribution in [3.05, 3.63) is 125 Å². The zero-order valence-electron chi connectivity index (χ0n) is 78.7. The molecular weight excluding hydrogens is 1820 g/mol. The molecule has 0 aliphatic carbocycles. The average Bonchev–Trinajstić information content (AvgIpc) is 0.829. The molecule has 766 valence electrons. The number of nitrogens with zero attached hydrogens (tertiary/aromatic N) is 7. The van der Waals surface area contributed by atoms with E-state index in [0.29, 0.717) is 214 Å². The number of ether oxygens (including phenoxy) is 13. The Morgan fingerprint density at radius 1 is 0.551 bits per heavy atom. The van der Waals surface area contributed by atoms with Crippen molar-refractivity contribution in [1.29, 1.82) is 0 Å². The van der Waals surface area contributed by atoms with E-state index in [1.807, 2.05) is 31.3 Å². The van der Waals surface area contributed by atoms with Crippen LogP contribution in [0.4, 0.5) is 4.39 Å². The van der Waals surface area contributed by atoms with E-state index in [4.69, 9.17) is 67.3 Å². The number of aromatic nitrogens is 9. The number of rotatable bonds is 77. The molecule has 6 rings (SSSR count). The van der Waals surface area contributed by atoms with Gasteiger partial charge in [0.05, 0.1) is 209 Å². The highest BCUT2D eigenvalue weighted by atomic mass is 19.1. The average molecular weight is 1950 g/mol. The molecule has 0 aliphatic heterocycles. The van der Waals surface area contributed by atoms with E-state index in [0.717, 1.165) is 49.9 Å². The van der Waals surface area contributed by atoms with Gasteiger partial charge >= 0.3 is 11.9 Å². The summed E-state index contributed by atoms with van der Waals surface area (Å²) in [6.45, 7) is 17.8. The minimum atomic E-state index is -2.40. The van der Waals surface area contributed by atoms with Crippen LogP contribution in [-0.2, 0) is 155 Å². The maximum Gasteiger partial charge on any atom is 0.326 e. The molecule has 1 unspecified atom stereocenters. The van der Waals surface area contributed by atoms with Crippen LogP contribution >= 0.6 is 0 Å². The Kier molecular flexibility index (Phi) is 54.4. The lowest BCUT2D eigenvalue weighted by atomic mass is 9.90. The Morgan fingerprint density at radius 2 is 1.09 bits per heavy atom. The molecule has 0 aliphatic rings. The number of aliphatic hydroxyl groups is 3. The van der Waals surface area contributed by atoms with E-state index >= 15 is 4.39 Å². The molecule has 0 saturated carbocycles. The molecule has 138 heavy (non-hydrogen) atoms. The van der Waals surface area contributed by atoms with Crippen molar-refractivity contribution >= 4 is 65.1 Å². The normalized spacial score (nSPS) is 13.7. The highest BCUT2D eigenvalue weighted by molar-refractivity contribution is 6.06. The molecule has 3 aromatic heterocycles. The number of carboxylic acid groups (broad SMARTS) is 2. The quantitative estimate of drug-likeness (QED) is 0.0134. The molecule has 48 nitrogen and oxygen atoms in total. The Morgan fingerprint density at radius 3 is 1.61 bits per heavy atom. The Bertz CT molecular complexity index is 4580. The van der Waals surface area contributed by atoms with Crippen LogP contribution in [0.15, 0.2) is 85.5 Å². The molecule has 0 spiro atoms. The zero-order valence-corrected chi connectivity index (χ0v) is 78.7. The van der Waals surface area contributed by atoms with Gasteiger partial charge in [0.2, 0.25) is 53.2 Å². The molecule has 3 heterocycles. The summed E-state index contributed by atoms with van der Waals surface area (Å²) in [7, 11) is 0. The molecule has 9 amide bonds. The number of carbonyl (C=O) groups excluding carboxylic acids is 9. The van der Waals surface area contributed by atoms with Crippen molar-refractivity contribution in [1.82, 2.24) is 93.4 Å². The number of hydrogen-bond acceptors (Lipinski definition) is 34. The van der Waals surface area contributed by atoms with Crippen molar-refractivity contribution in [2.75, 3.05) is 185 Å². The fourth-order valence-electron chi connectivity index (χ4n) is 12.9. The number of aromatic amines is 2. The van der Waals surface area contributed by atoms with Crippen molar-refractivity contribution < 1.29 is 144 Å². The summed E-state index contributed by atoms with van der Waals surface area (Å²) < 4.78 is 89.4. The number of hydrogen-bond donors (Lipinski definition) is 17. The summed E-state index contributed by atoms with van der Waals surface area (Å²) >= 11 is 0. The lowest BCUT2D eigenvalue weighted by Crippen LogP contribution is -2.67. The maximum absolute atomic E-state index is 15.5. The molecule has 18 N–H and O–H groups in total. The standard InChI is InChI=1S/C89H134FN19O29/c1-7-62-49-67(138-24-11-10-23-109-55-66(103-108-109)57-137-47-46-136-45-44-135-43-42-134-41-40-133-39-38-132-37-36-131-35-34-130-33-32-129-31-30-128-29-28-127-27-26-126-25-21-91)18-19-68(62)63-16-14-61(15-17-63)48-72(84(121)122)97-80(117)71(51-76(114)115)96-81(118)73(56-110)98-82(119)77(59(2)111)101-87(125)89(6,52-64-12-8-9-13-69(64)90)102-83(120)78(60(3)112)100-75(113)54-94-79(116)70(50-74-104-106-107-105-74)99-86(124)88(4,5)85(123)93-22-20-65-53-92-58-95-65/h8-9,12-19,49,53,55,58-60,70-73,77-78,110-112H,7,10-11,20-48,50-52,54,56-57,91H2,1-6H3,(H,92,95)(H,93,123)(H,94,116)(H,96,118)(H,97,117)(H,98,119)(H,99,124)(H,100,113)(H,101,125)(H,102,120)(H,114,115)(H,121,122)(H,104,105,106,107)/t59-,60-,70+,71+,72+,73+,77+,78+,89?/m1/s1. The lowest BCUT2D eigenvalue weighted by Gasteiger charge is -2.34. The zero-order chi connectivity index (χ0) is 100. The summed E-state index contributed by atoms with van der Waals surface area (Å²) in [5, 5.41) is 95.0. The van der Waals surface area contributed by atoms with Crippen LogP contribution in [0, 0.1) is 11.2 Å². The van der Waals surface area contributed by atoms with E-state index in [1.54, 1.807) is 35.1 Å². The van der Waals surface area contributed by atoms with Crippen LogP contribution < -0.4 is 58.3 Å². The molecular formula is C89H134FN19O29. The number of H-pyrrole nitrogens is 2. The smallest absolute Gasteiger partial charge is 0.326 e. The summed E-state index contributed by atoms with van der Waals surface area (Å²) in [5.41, 5.74) is 5.39. The van der Waals surface area contributed by atoms with Gasteiger partial charge in [-0.25, -0.2) is 14.2 Å². The van der Waals surface area contributed by atoms with Gasteiger partial charge in [-0.1, -0.05) is 65.9 Å².